The Labute approximate surface area is 218 Å². The minimum Gasteiger partial charge on any atom is -0.490 e. The number of pyridine rings is 1. The number of alkyl halides is 3. The summed E-state index contributed by atoms with van der Waals surface area (Å²) in [6, 6.07) is 9.11. The number of benzene rings is 1. The van der Waals surface area contributed by atoms with Crippen molar-refractivity contribution in [2.75, 3.05) is 32.7 Å². The first kappa shape index (κ1) is 25.2. The number of carbonyl (C=O) groups excluding carboxylic acids is 1. The Bertz CT molecular complexity index is 1310. The van der Waals surface area contributed by atoms with Crippen molar-refractivity contribution in [3.63, 3.8) is 0 Å². The molecule has 10 heteroatoms. The SMILES string of the molecule is O=C(c1ccc(OC2CC2)cc1)N1CCC(c2c(F)cnc3[nH]c(C4CCN(CC(F)(F)F)C4)cc23)CC1. The van der Waals surface area contributed by atoms with Crippen LogP contribution in [0, 0.1) is 5.82 Å². The van der Waals surface area contributed by atoms with E-state index in [1.54, 1.807) is 17.0 Å². The van der Waals surface area contributed by atoms with Crippen LogP contribution in [0.2, 0.25) is 0 Å². The first-order valence-electron chi connectivity index (χ1n) is 13.3. The average Bonchev–Trinajstić information content (AvgIpc) is 3.41. The second kappa shape index (κ2) is 9.87. The number of aromatic amines is 1. The summed E-state index contributed by atoms with van der Waals surface area (Å²) < 4.78 is 59.3. The van der Waals surface area contributed by atoms with Crippen molar-refractivity contribution in [1.29, 1.82) is 0 Å². The molecule has 3 fully saturated rings. The highest BCUT2D eigenvalue weighted by atomic mass is 19.4. The minimum absolute atomic E-state index is 0.0460. The molecular formula is C28H30F4N4O2. The summed E-state index contributed by atoms with van der Waals surface area (Å²) >= 11 is 0. The summed E-state index contributed by atoms with van der Waals surface area (Å²) in [6.07, 6.45) is 1.28. The lowest BCUT2D eigenvalue weighted by Gasteiger charge is -2.32. The van der Waals surface area contributed by atoms with E-state index in [4.69, 9.17) is 4.74 Å². The zero-order chi connectivity index (χ0) is 26.4. The van der Waals surface area contributed by atoms with Crippen LogP contribution in [-0.2, 0) is 0 Å². The molecule has 38 heavy (non-hydrogen) atoms. The second-order valence-corrected chi connectivity index (χ2v) is 10.8. The first-order chi connectivity index (χ1) is 18.2. The number of piperidine rings is 1. The maximum absolute atomic E-state index is 15.1. The van der Waals surface area contributed by atoms with Crippen LogP contribution in [0.15, 0.2) is 36.5 Å². The molecule has 6 nitrogen and oxygen atoms in total. The van der Waals surface area contributed by atoms with Gasteiger partial charge in [0.15, 0.2) is 0 Å². The lowest BCUT2D eigenvalue weighted by atomic mass is 9.87. The molecule has 3 aliphatic rings. The van der Waals surface area contributed by atoms with E-state index >= 15 is 4.39 Å². The molecule has 1 unspecified atom stereocenters. The molecule has 202 valence electrons. The van der Waals surface area contributed by atoms with Gasteiger partial charge in [0.1, 0.15) is 17.2 Å². The number of nitrogens with zero attached hydrogens (tertiary/aromatic N) is 3. The number of carbonyl (C=O) groups is 1. The van der Waals surface area contributed by atoms with Gasteiger partial charge in [0, 0.05) is 47.8 Å². The van der Waals surface area contributed by atoms with E-state index < -0.39 is 12.7 Å². The van der Waals surface area contributed by atoms with E-state index in [0.717, 1.165) is 24.3 Å². The van der Waals surface area contributed by atoms with E-state index in [1.807, 2.05) is 18.2 Å². The predicted octanol–water partition coefficient (Wildman–Crippen LogP) is 5.61. The number of fused-ring (bicyclic) bond motifs is 1. The Balaban J connectivity index is 1.13. The van der Waals surface area contributed by atoms with Gasteiger partial charge in [-0.15, -0.1) is 0 Å². The fourth-order valence-electron chi connectivity index (χ4n) is 5.82. The normalized spacial score (nSPS) is 21.4. The fourth-order valence-corrected chi connectivity index (χ4v) is 5.82. The van der Waals surface area contributed by atoms with Crippen LogP contribution in [0.5, 0.6) is 5.75 Å². The van der Waals surface area contributed by atoms with Gasteiger partial charge >= 0.3 is 6.18 Å². The Morgan fingerprint density at radius 3 is 2.42 bits per heavy atom. The van der Waals surface area contributed by atoms with Gasteiger partial charge in [-0.05, 0) is 74.9 Å². The third-order valence-electron chi connectivity index (χ3n) is 7.91. The quantitative estimate of drug-likeness (QED) is 0.421. The Morgan fingerprint density at radius 2 is 1.74 bits per heavy atom. The van der Waals surface area contributed by atoms with E-state index in [9.17, 15) is 18.0 Å². The number of likely N-dealkylation sites (tertiary alicyclic amines) is 2. The maximum atomic E-state index is 15.1. The minimum atomic E-state index is -4.22. The summed E-state index contributed by atoms with van der Waals surface area (Å²) in [7, 11) is 0. The Hall–Kier alpha value is -3.14. The van der Waals surface area contributed by atoms with Crippen molar-refractivity contribution < 1.29 is 27.1 Å². The number of ether oxygens (including phenoxy) is 1. The number of H-pyrrole nitrogens is 1. The molecule has 0 bridgehead atoms. The van der Waals surface area contributed by atoms with Crippen LogP contribution in [0.25, 0.3) is 11.0 Å². The number of rotatable bonds is 6. The van der Waals surface area contributed by atoms with Gasteiger partial charge in [-0.3, -0.25) is 9.69 Å². The molecular weight excluding hydrogens is 500 g/mol. The number of aromatic nitrogens is 2. The maximum Gasteiger partial charge on any atom is 0.401 e. The van der Waals surface area contributed by atoms with Crippen molar-refractivity contribution in [2.24, 2.45) is 0 Å². The first-order valence-corrected chi connectivity index (χ1v) is 13.3. The highest BCUT2D eigenvalue weighted by Gasteiger charge is 2.36. The third kappa shape index (κ3) is 5.36. The summed E-state index contributed by atoms with van der Waals surface area (Å²) in [6.45, 7) is 0.783. The number of halogens is 4. The molecule has 3 aromatic rings. The smallest absolute Gasteiger partial charge is 0.401 e. The van der Waals surface area contributed by atoms with Gasteiger partial charge in [-0.1, -0.05) is 0 Å². The van der Waals surface area contributed by atoms with E-state index in [2.05, 4.69) is 9.97 Å². The number of hydrogen-bond donors (Lipinski definition) is 1. The molecule has 1 saturated carbocycles. The summed E-state index contributed by atoms with van der Waals surface area (Å²) in [4.78, 5) is 23.7. The number of hydrogen-bond acceptors (Lipinski definition) is 4. The molecule has 6 rings (SSSR count). The van der Waals surface area contributed by atoms with E-state index in [-0.39, 0.29) is 23.6 Å². The summed E-state index contributed by atoms with van der Waals surface area (Å²) in [5, 5.41) is 0.685. The highest BCUT2D eigenvalue weighted by molar-refractivity contribution is 5.94. The largest absolute Gasteiger partial charge is 0.490 e. The average molecular weight is 531 g/mol. The summed E-state index contributed by atoms with van der Waals surface area (Å²) in [5.41, 5.74) is 2.54. The fraction of sp³-hybridized carbons (Fsp3) is 0.500. The lowest BCUT2D eigenvalue weighted by molar-refractivity contribution is -0.143. The Morgan fingerprint density at radius 1 is 1.03 bits per heavy atom. The van der Waals surface area contributed by atoms with Gasteiger partial charge in [-0.2, -0.15) is 13.2 Å². The van der Waals surface area contributed by atoms with Crippen molar-refractivity contribution in [3.8, 4) is 5.75 Å². The van der Waals surface area contributed by atoms with Crippen LogP contribution < -0.4 is 4.74 Å². The van der Waals surface area contributed by atoms with Gasteiger partial charge < -0.3 is 14.6 Å². The monoisotopic (exact) mass is 530 g/mol. The lowest BCUT2D eigenvalue weighted by Crippen LogP contribution is -2.38. The summed E-state index contributed by atoms with van der Waals surface area (Å²) in [5.74, 6) is 0.187. The zero-order valence-electron chi connectivity index (χ0n) is 20.9. The van der Waals surface area contributed by atoms with Gasteiger partial charge in [0.25, 0.3) is 5.91 Å². The van der Waals surface area contributed by atoms with Crippen LogP contribution in [-0.4, -0.2) is 70.7 Å². The van der Waals surface area contributed by atoms with Crippen LogP contribution in [0.3, 0.4) is 0 Å². The molecule has 0 spiro atoms. The molecule has 2 aliphatic heterocycles. The molecule has 1 N–H and O–H groups in total. The molecule has 1 aromatic carbocycles. The predicted molar refractivity (Wildman–Crippen MR) is 134 cm³/mol. The topological polar surface area (TPSA) is 61.5 Å². The van der Waals surface area contributed by atoms with Gasteiger partial charge in [0.2, 0.25) is 0 Å². The molecule has 0 radical (unpaired) electrons. The Kier molecular flexibility index (Phi) is 6.53. The van der Waals surface area contributed by atoms with Crippen molar-refractivity contribution in [1.82, 2.24) is 19.8 Å². The molecule has 4 heterocycles. The van der Waals surface area contributed by atoms with Crippen molar-refractivity contribution in [3.05, 3.63) is 59.2 Å². The van der Waals surface area contributed by atoms with Crippen molar-refractivity contribution >= 4 is 16.9 Å². The van der Waals surface area contributed by atoms with Gasteiger partial charge in [0.05, 0.1) is 18.8 Å². The van der Waals surface area contributed by atoms with Crippen molar-refractivity contribution in [2.45, 2.75) is 56.2 Å². The zero-order valence-corrected chi connectivity index (χ0v) is 20.9. The highest BCUT2D eigenvalue weighted by Crippen LogP contribution is 2.37. The molecule has 2 aromatic heterocycles. The van der Waals surface area contributed by atoms with Crippen LogP contribution in [0.1, 0.15) is 65.6 Å². The molecule has 1 aliphatic carbocycles. The van der Waals surface area contributed by atoms with Crippen LogP contribution in [0.4, 0.5) is 17.6 Å². The number of amides is 1. The number of nitrogens with one attached hydrogen (secondary N) is 1. The third-order valence-corrected chi connectivity index (χ3v) is 7.91. The van der Waals surface area contributed by atoms with E-state index in [0.29, 0.717) is 73.7 Å². The molecule has 2 saturated heterocycles. The van der Waals surface area contributed by atoms with Gasteiger partial charge in [-0.25, -0.2) is 9.37 Å². The van der Waals surface area contributed by atoms with E-state index in [1.165, 1.54) is 11.1 Å². The molecule has 1 amide bonds. The van der Waals surface area contributed by atoms with Crippen LogP contribution >= 0.6 is 0 Å². The second-order valence-electron chi connectivity index (χ2n) is 10.8. The standard InChI is InChI=1S/C28H30F4N4O2/c29-23-14-33-26-22(13-24(34-26)19-7-10-35(15-19)16-28(30,31)32)25(23)17-8-11-36(12-9-17)27(37)18-1-3-20(4-2-18)38-21-5-6-21/h1-4,13-14,17,19,21H,5-12,15-16H2,(H,33,34). The molecule has 1 atom stereocenters.